The molecule has 30 heavy (non-hydrogen) atoms. The van der Waals surface area contributed by atoms with Crippen molar-refractivity contribution >= 4 is 27.6 Å². The molecule has 5 rings (SSSR count). The number of nitrogens with two attached hydrogens (primary N) is 2. The molecule has 0 aliphatic carbocycles. The minimum absolute atomic E-state index is 0.130. The van der Waals surface area contributed by atoms with Gasteiger partial charge < -0.3 is 21.2 Å². The number of pyridine rings is 1. The summed E-state index contributed by atoms with van der Waals surface area (Å²) in [7, 11) is 0. The third-order valence-corrected chi connectivity index (χ3v) is 5.26. The van der Waals surface area contributed by atoms with Crippen molar-refractivity contribution in [1.29, 1.82) is 0 Å². The molecule has 7 nitrogen and oxygen atoms in total. The van der Waals surface area contributed by atoms with Crippen LogP contribution in [0.25, 0.3) is 32.9 Å². The zero-order chi connectivity index (χ0) is 20.5. The number of anilines is 1. The lowest BCUT2D eigenvalue weighted by molar-refractivity contribution is 0.287. The van der Waals surface area contributed by atoms with Gasteiger partial charge in [0, 0.05) is 40.3 Å². The van der Waals surface area contributed by atoms with E-state index in [1.54, 1.807) is 12.4 Å². The standard InChI is InChI=1S/C23H22N6O/c24-17(7-16-11-27-21-4-2-1-3-19(16)21)13-30-18-8-15(10-26-12-18)14-5-6-22-20(9-14)23(25)29-28-22/h1-6,8-12,17,27H,7,13,24H2,(H3,25,28,29)/t17-/m0/s1. The van der Waals surface area contributed by atoms with E-state index in [1.807, 2.05) is 42.6 Å². The van der Waals surface area contributed by atoms with E-state index in [0.29, 0.717) is 18.2 Å². The minimum Gasteiger partial charge on any atom is -0.490 e. The van der Waals surface area contributed by atoms with Crippen molar-refractivity contribution in [3.63, 3.8) is 0 Å². The zero-order valence-corrected chi connectivity index (χ0v) is 16.3. The van der Waals surface area contributed by atoms with Crippen molar-refractivity contribution in [2.45, 2.75) is 12.5 Å². The summed E-state index contributed by atoms with van der Waals surface area (Å²) in [5, 5.41) is 9.04. The van der Waals surface area contributed by atoms with E-state index in [-0.39, 0.29) is 6.04 Å². The molecule has 0 aliphatic heterocycles. The van der Waals surface area contributed by atoms with E-state index in [0.717, 1.165) is 34.0 Å². The highest BCUT2D eigenvalue weighted by molar-refractivity contribution is 5.92. The summed E-state index contributed by atoms with van der Waals surface area (Å²) in [6.45, 7) is 0.401. The van der Waals surface area contributed by atoms with Crippen LogP contribution in [-0.4, -0.2) is 32.8 Å². The average molecular weight is 398 g/mol. The van der Waals surface area contributed by atoms with E-state index < -0.39 is 0 Å². The Balaban J connectivity index is 1.29. The lowest BCUT2D eigenvalue weighted by atomic mass is 10.1. The Hall–Kier alpha value is -3.84. The Morgan fingerprint density at radius 2 is 1.87 bits per heavy atom. The number of aromatic amines is 2. The van der Waals surface area contributed by atoms with Gasteiger partial charge >= 0.3 is 0 Å². The van der Waals surface area contributed by atoms with E-state index in [1.165, 1.54) is 10.9 Å². The van der Waals surface area contributed by atoms with Crippen molar-refractivity contribution in [1.82, 2.24) is 20.2 Å². The molecule has 1 atom stereocenters. The van der Waals surface area contributed by atoms with Gasteiger partial charge in [0.2, 0.25) is 0 Å². The maximum atomic E-state index is 6.34. The molecule has 0 saturated carbocycles. The maximum absolute atomic E-state index is 6.34. The van der Waals surface area contributed by atoms with E-state index >= 15 is 0 Å². The Bertz CT molecular complexity index is 1320. The number of hydrogen-bond acceptors (Lipinski definition) is 5. The maximum Gasteiger partial charge on any atom is 0.153 e. The largest absolute Gasteiger partial charge is 0.490 e. The highest BCUT2D eigenvalue weighted by atomic mass is 16.5. The predicted molar refractivity (Wildman–Crippen MR) is 119 cm³/mol. The molecule has 2 aromatic carbocycles. The molecule has 3 aromatic heterocycles. The van der Waals surface area contributed by atoms with Crippen molar-refractivity contribution < 1.29 is 4.74 Å². The molecule has 0 unspecified atom stereocenters. The topological polar surface area (TPSA) is 119 Å². The first-order valence-electron chi connectivity index (χ1n) is 9.80. The van der Waals surface area contributed by atoms with Gasteiger partial charge in [0.25, 0.3) is 0 Å². The first-order chi connectivity index (χ1) is 14.7. The Kier molecular flexibility index (Phi) is 4.57. The van der Waals surface area contributed by atoms with Crippen LogP contribution >= 0.6 is 0 Å². The predicted octanol–water partition coefficient (Wildman–Crippen LogP) is 3.64. The van der Waals surface area contributed by atoms with Crippen molar-refractivity contribution in [3.05, 3.63) is 72.7 Å². The van der Waals surface area contributed by atoms with Crippen LogP contribution in [0.2, 0.25) is 0 Å². The number of fused-ring (bicyclic) bond motifs is 2. The SMILES string of the molecule is Nc1n[nH]c2ccc(-c3cncc(OC[C@@H](N)Cc4c[nH]c5ccccc45)c3)cc12. The molecule has 3 heterocycles. The van der Waals surface area contributed by atoms with Crippen LogP contribution in [0.4, 0.5) is 5.82 Å². The second kappa shape index (κ2) is 7.53. The molecular weight excluding hydrogens is 376 g/mol. The summed E-state index contributed by atoms with van der Waals surface area (Å²) in [4.78, 5) is 7.61. The first-order valence-corrected chi connectivity index (χ1v) is 9.80. The molecule has 0 bridgehead atoms. The zero-order valence-electron chi connectivity index (χ0n) is 16.3. The fourth-order valence-electron chi connectivity index (χ4n) is 3.71. The van der Waals surface area contributed by atoms with Gasteiger partial charge in [-0.3, -0.25) is 10.1 Å². The molecule has 0 fully saturated rings. The molecule has 6 N–H and O–H groups in total. The highest BCUT2D eigenvalue weighted by Gasteiger charge is 2.11. The molecule has 7 heteroatoms. The third-order valence-electron chi connectivity index (χ3n) is 5.26. The van der Waals surface area contributed by atoms with Crippen LogP contribution in [-0.2, 0) is 6.42 Å². The van der Waals surface area contributed by atoms with Crippen LogP contribution < -0.4 is 16.2 Å². The number of rotatable bonds is 6. The molecule has 150 valence electrons. The monoisotopic (exact) mass is 398 g/mol. The van der Waals surface area contributed by atoms with Gasteiger partial charge in [0.05, 0.1) is 11.7 Å². The van der Waals surface area contributed by atoms with Gasteiger partial charge in [-0.05, 0) is 41.8 Å². The van der Waals surface area contributed by atoms with Gasteiger partial charge in [-0.15, -0.1) is 0 Å². The van der Waals surface area contributed by atoms with Crippen LogP contribution in [0.5, 0.6) is 5.75 Å². The number of para-hydroxylation sites is 1. The average Bonchev–Trinajstić information content (AvgIpc) is 3.36. The molecule has 5 aromatic rings. The smallest absolute Gasteiger partial charge is 0.153 e. The third kappa shape index (κ3) is 3.46. The molecule has 0 spiro atoms. The lowest BCUT2D eigenvalue weighted by Gasteiger charge is -2.13. The van der Waals surface area contributed by atoms with E-state index in [9.17, 15) is 0 Å². The Morgan fingerprint density at radius 3 is 2.80 bits per heavy atom. The number of nitrogens with zero attached hydrogens (tertiary/aromatic N) is 2. The number of H-pyrrole nitrogens is 2. The van der Waals surface area contributed by atoms with Gasteiger partial charge in [0.15, 0.2) is 5.82 Å². The number of hydrogen-bond donors (Lipinski definition) is 4. The summed E-state index contributed by atoms with van der Waals surface area (Å²) in [6, 6.07) is 16.0. The quantitative estimate of drug-likeness (QED) is 0.348. The fraction of sp³-hybridized carbons (Fsp3) is 0.130. The normalized spacial score (nSPS) is 12.4. The van der Waals surface area contributed by atoms with Crippen molar-refractivity contribution in [2.24, 2.45) is 5.73 Å². The van der Waals surface area contributed by atoms with Crippen molar-refractivity contribution in [2.75, 3.05) is 12.3 Å². The van der Waals surface area contributed by atoms with Crippen LogP contribution in [0.15, 0.2) is 67.1 Å². The van der Waals surface area contributed by atoms with E-state index in [4.69, 9.17) is 16.2 Å². The van der Waals surface area contributed by atoms with Crippen LogP contribution in [0.1, 0.15) is 5.56 Å². The number of aromatic nitrogens is 4. The number of nitrogens with one attached hydrogen (secondary N) is 2. The lowest BCUT2D eigenvalue weighted by Crippen LogP contribution is -2.30. The minimum atomic E-state index is -0.130. The number of ether oxygens (including phenoxy) is 1. The number of nitrogen functional groups attached to an aromatic ring is 1. The van der Waals surface area contributed by atoms with Crippen LogP contribution in [0, 0.1) is 0 Å². The Labute approximate surface area is 173 Å². The molecule has 0 radical (unpaired) electrons. The summed E-state index contributed by atoms with van der Waals surface area (Å²) in [5.74, 6) is 1.16. The summed E-state index contributed by atoms with van der Waals surface area (Å²) < 4.78 is 5.95. The van der Waals surface area contributed by atoms with E-state index in [2.05, 4.69) is 32.3 Å². The van der Waals surface area contributed by atoms with Crippen LogP contribution in [0.3, 0.4) is 0 Å². The second-order valence-electron chi connectivity index (χ2n) is 7.41. The molecule has 0 aliphatic rings. The second-order valence-corrected chi connectivity index (χ2v) is 7.41. The summed E-state index contributed by atoms with van der Waals surface area (Å²) in [5.41, 5.74) is 17.4. The highest BCUT2D eigenvalue weighted by Crippen LogP contribution is 2.28. The summed E-state index contributed by atoms with van der Waals surface area (Å²) in [6.07, 6.45) is 6.25. The Morgan fingerprint density at radius 1 is 0.967 bits per heavy atom. The van der Waals surface area contributed by atoms with Gasteiger partial charge in [0.1, 0.15) is 12.4 Å². The van der Waals surface area contributed by atoms with Gasteiger partial charge in [-0.2, -0.15) is 5.10 Å². The number of benzene rings is 2. The molecular formula is C23H22N6O. The van der Waals surface area contributed by atoms with Gasteiger partial charge in [-0.25, -0.2) is 0 Å². The fourth-order valence-corrected chi connectivity index (χ4v) is 3.71. The summed E-state index contributed by atoms with van der Waals surface area (Å²) >= 11 is 0. The molecule has 0 amide bonds. The first kappa shape index (κ1) is 18.2. The van der Waals surface area contributed by atoms with Gasteiger partial charge in [-0.1, -0.05) is 24.3 Å². The van der Waals surface area contributed by atoms with Crippen molar-refractivity contribution in [3.8, 4) is 16.9 Å². The molecule has 0 saturated heterocycles.